The maximum absolute atomic E-state index is 2.47. The van der Waals surface area contributed by atoms with E-state index in [-0.39, 0.29) is 0 Å². The summed E-state index contributed by atoms with van der Waals surface area (Å²) >= 11 is 4.79. The third-order valence-electron chi connectivity index (χ3n) is 1.31. The first-order chi connectivity index (χ1) is 3.72. The fraction of sp³-hybridized carbons (Fsp3) is 0.833. The zero-order valence-corrected chi connectivity index (χ0v) is 9.51. The topological polar surface area (TPSA) is 0 Å². The van der Waals surface area contributed by atoms with E-state index >= 15 is 0 Å². The number of hydrogen-bond donors (Lipinski definition) is 0. The lowest BCUT2D eigenvalue weighted by atomic mass is 10.1. The lowest BCUT2D eigenvalue weighted by Gasteiger charge is -2.11. The first-order valence-electron chi connectivity index (χ1n) is 2.80. The minimum atomic E-state index is 0.748. The van der Waals surface area contributed by atoms with E-state index in [2.05, 4.69) is 63.5 Å². The van der Waals surface area contributed by atoms with Gasteiger partial charge in [0.1, 0.15) is 0 Å². The van der Waals surface area contributed by atoms with Crippen LogP contribution in [0.3, 0.4) is 0 Å². The quantitative estimate of drug-likeness (QED) is 0.547. The van der Waals surface area contributed by atoms with Crippen LogP contribution < -0.4 is 0 Å². The van der Waals surface area contributed by atoms with E-state index < -0.39 is 0 Å². The molecule has 0 saturated heterocycles. The van der Waals surface area contributed by atoms with Crippen LogP contribution in [0.25, 0.3) is 0 Å². The predicted octanol–water partition coefficient (Wildman–Crippen LogP) is 3.43. The molecule has 0 nitrogen and oxygen atoms in total. The highest BCUT2D eigenvalue weighted by Gasteiger charge is 2.08. The van der Waals surface area contributed by atoms with Crippen molar-refractivity contribution in [3.8, 4) is 0 Å². The molecule has 0 rings (SSSR count). The van der Waals surface area contributed by atoms with E-state index in [0.717, 1.165) is 9.84 Å². The molecule has 0 saturated carbocycles. The molecule has 0 N–H and O–H groups in total. The first kappa shape index (κ1) is 9.46. The second kappa shape index (κ2) is 5.26. The van der Waals surface area contributed by atoms with Gasteiger partial charge in [-0.05, 0) is 5.92 Å². The fourth-order valence-corrected chi connectivity index (χ4v) is 1.57. The molecule has 2 heteroatoms. The van der Waals surface area contributed by atoms with Crippen molar-refractivity contribution < 1.29 is 0 Å². The van der Waals surface area contributed by atoms with Gasteiger partial charge in [0, 0.05) is 8.35 Å². The highest BCUT2D eigenvalue weighted by molar-refractivity contribution is 14.1. The zero-order valence-electron chi connectivity index (χ0n) is 5.20. The number of hydrogen-bond acceptors (Lipinski definition) is 0. The summed E-state index contributed by atoms with van der Waals surface area (Å²) in [5, 5.41) is 0. The maximum Gasteiger partial charge on any atom is 0.0358 e. The number of halogens is 2. The minimum Gasteiger partial charge on any atom is -0.0811 e. The van der Waals surface area contributed by atoms with Crippen LogP contribution in [-0.4, -0.2) is 3.92 Å². The highest BCUT2D eigenvalue weighted by atomic mass is 127. The van der Waals surface area contributed by atoms with Crippen LogP contribution in [0.4, 0.5) is 0 Å². The lowest BCUT2D eigenvalue weighted by molar-refractivity contribution is 0.593. The SMILES string of the molecule is CCC(C)C(I)[CH]I. The molecule has 0 fully saturated rings. The molecule has 0 spiro atoms. The molecule has 0 aliphatic carbocycles. The second-order valence-corrected chi connectivity index (χ2v) is 4.11. The van der Waals surface area contributed by atoms with Crippen molar-refractivity contribution in [2.75, 3.05) is 0 Å². The van der Waals surface area contributed by atoms with E-state index in [0.29, 0.717) is 0 Å². The van der Waals surface area contributed by atoms with Crippen molar-refractivity contribution in [3.05, 3.63) is 4.43 Å². The smallest absolute Gasteiger partial charge is 0.0358 e. The average Bonchev–Trinajstić information content (AvgIpc) is 1.84. The van der Waals surface area contributed by atoms with Crippen LogP contribution in [0.15, 0.2) is 0 Å². The summed E-state index contributed by atoms with van der Waals surface area (Å²) in [5.74, 6) is 0.840. The van der Waals surface area contributed by atoms with Gasteiger partial charge in [-0.25, -0.2) is 0 Å². The molecule has 49 valence electrons. The molecule has 1 radical (unpaired) electrons. The van der Waals surface area contributed by atoms with Crippen LogP contribution >= 0.6 is 45.2 Å². The third kappa shape index (κ3) is 3.48. The molecule has 0 aromatic heterocycles. The van der Waals surface area contributed by atoms with E-state index in [1.54, 1.807) is 0 Å². The molecule has 0 aliphatic rings. The van der Waals surface area contributed by atoms with Crippen molar-refractivity contribution in [1.29, 1.82) is 0 Å². The Morgan fingerprint density at radius 1 is 1.62 bits per heavy atom. The van der Waals surface area contributed by atoms with E-state index in [9.17, 15) is 0 Å². The van der Waals surface area contributed by atoms with Crippen molar-refractivity contribution >= 4 is 45.2 Å². The van der Waals surface area contributed by atoms with Crippen LogP contribution in [0.2, 0.25) is 0 Å². The second-order valence-electron chi connectivity index (χ2n) is 1.96. The summed E-state index contributed by atoms with van der Waals surface area (Å²) in [4.78, 5) is 0. The van der Waals surface area contributed by atoms with Gasteiger partial charge >= 0.3 is 0 Å². The van der Waals surface area contributed by atoms with Gasteiger partial charge < -0.3 is 0 Å². The van der Waals surface area contributed by atoms with Gasteiger partial charge in [0.05, 0.1) is 0 Å². The van der Waals surface area contributed by atoms with Crippen LogP contribution in [-0.2, 0) is 0 Å². The predicted molar refractivity (Wildman–Crippen MR) is 55.6 cm³/mol. The van der Waals surface area contributed by atoms with E-state index in [1.165, 1.54) is 6.42 Å². The van der Waals surface area contributed by atoms with Crippen LogP contribution in [0.1, 0.15) is 20.3 Å². The molecule has 2 unspecified atom stereocenters. The van der Waals surface area contributed by atoms with Crippen molar-refractivity contribution in [2.45, 2.75) is 24.2 Å². The standard InChI is InChI=1S/C6H11I2/c1-3-5(2)6(8)4-7/h4-6H,3H2,1-2H3. The summed E-state index contributed by atoms with van der Waals surface area (Å²) in [5.41, 5.74) is 0. The summed E-state index contributed by atoms with van der Waals surface area (Å²) in [6.07, 6.45) is 1.28. The summed E-state index contributed by atoms with van der Waals surface area (Å²) in [6, 6.07) is 0. The Balaban J connectivity index is 3.29. The van der Waals surface area contributed by atoms with Gasteiger partial charge in [-0.3, -0.25) is 0 Å². The highest BCUT2D eigenvalue weighted by Crippen LogP contribution is 2.21. The largest absolute Gasteiger partial charge is 0.0811 e. The average molecular weight is 337 g/mol. The fourth-order valence-electron chi connectivity index (χ4n) is 0.349. The van der Waals surface area contributed by atoms with Gasteiger partial charge in [0.15, 0.2) is 0 Å². The van der Waals surface area contributed by atoms with Gasteiger partial charge in [-0.15, -0.1) is 0 Å². The molecule has 0 aromatic carbocycles. The van der Waals surface area contributed by atoms with E-state index in [1.807, 2.05) is 0 Å². The number of rotatable bonds is 3. The Labute approximate surface area is 79.1 Å². The molecule has 0 amide bonds. The van der Waals surface area contributed by atoms with Crippen molar-refractivity contribution in [1.82, 2.24) is 0 Å². The summed E-state index contributed by atoms with van der Waals surface area (Å²) in [6.45, 7) is 4.52. The van der Waals surface area contributed by atoms with Crippen molar-refractivity contribution in [3.63, 3.8) is 0 Å². The Morgan fingerprint density at radius 3 is 2.25 bits per heavy atom. The molecule has 0 bridgehead atoms. The van der Waals surface area contributed by atoms with E-state index in [4.69, 9.17) is 0 Å². The molecular weight excluding hydrogens is 326 g/mol. The summed E-state index contributed by atoms with van der Waals surface area (Å²) < 4.78 is 2.98. The third-order valence-corrected chi connectivity index (χ3v) is 5.05. The normalized spacial score (nSPS) is 18.0. The van der Waals surface area contributed by atoms with Crippen LogP contribution in [0, 0.1) is 10.3 Å². The van der Waals surface area contributed by atoms with Gasteiger partial charge in [-0.2, -0.15) is 0 Å². The Bertz CT molecular complexity index is 46.5. The molecule has 8 heavy (non-hydrogen) atoms. The molecular formula is C6H11I2. The number of alkyl halides is 1. The van der Waals surface area contributed by atoms with Gasteiger partial charge in [-0.1, -0.05) is 65.5 Å². The Morgan fingerprint density at radius 2 is 2.12 bits per heavy atom. The summed E-state index contributed by atoms with van der Waals surface area (Å²) in [7, 11) is 0. The lowest BCUT2D eigenvalue weighted by Crippen LogP contribution is -2.06. The Kier molecular flexibility index (Phi) is 6.22. The van der Waals surface area contributed by atoms with Crippen LogP contribution in [0.5, 0.6) is 0 Å². The van der Waals surface area contributed by atoms with Gasteiger partial charge in [0.2, 0.25) is 0 Å². The molecule has 2 atom stereocenters. The first-order valence-corrected chi connectivity index (χ1v) is 5.29. The van der Waals surface area contributed by atoms with Gasteiger partial charge in [0.25, 0.3) is 0 Å². The minimum absolute atomic E-state index is 0.748. The van der Waals surface area contributed by atoms with Crippen molar-refractivity contribution in [2.24, 2.45) is 5.92 Å². The molecule has 0 aliphatic heterocycles. The maximum atomic E-state index is 2.47. The zero-order chi connectivity index (χ0) is 6.57. The Hall–Kier alpha value is 1.46. The monoisotopic (exact) mass is 337 g/mol. The molecule has 0 aromatic rings. The molecule has 0 heterocycles.